The van der Waals surface area contributed by atoms with Gasteiger partial charge in [0.15, 0.2) is 0 Å². The third kappa shape index (κ3) is 2.86. The van der Waals surface area contributed by atoms with E-state index in [0.29, 0.717) is 0 Å². The predicted octanol–water partition coefficient (Wildman–Crippen LogP) is 1.88. The normalized spacial score (nSPS) is 11.7. The van der Waals surface area contributed by atoms with Crippen LogP contribution in [0.1, 0.15) is 18.9 Å². The lowest BCUT2D eigenvalue weighted by atomic mass is 10.3. The Labute approximate surface area is 78.5 Å². The zero-order chi connectivity index (χ0) is 10.8. The Hall–Kier alpha value is -1.33. The summed E-state index contributed by atoms with van der Waals surface area (Å²) in [6.45, 7) is 1.57. The lowest BCUT2D eigenvalue weighted by Gasteiger charge is -2.01. The molecule has 0 amide bonds. The number of aromatic nitrogens is 2. The van der Waals surface area contributed by atoms with Gasteiger partial charge in [-0.2, -0.15) is 18.3 Å². The van der Waals surface area contributed by atoms with Gasteiger partial charge in [-0.25, -0.2) is 0 Å². The Balaban J connectivity index is 2.64. The van der Waals surface area contributed by atoms with Gasteiger partial charge in [-0.15, -0.1) is 0 Å². The number of rotatable bonds is 3. The fourth-order valence-corrected chi connectivity index (χ4v) is 0.904. The second-order valence-corrected chi connectivity index (χ2v) is 2.94. The van der Waals surface area contributed by atoms with Crippen LogP contribution >= 0.6 is 0 Å². The molecule has 0 aliphatic rings. The summed E-state index contributed by atoms with van der Waals surface area (Å²) in [4.78, 5) is 10.6. The summed E-state index contributed by atoms with van der Waals surface area (Å²) < 4.78 is 37.4. The van der Waals surface area contributed by atoms with Gasteiger partial charge < -0.3 is 0 Å². The number of nitrogens with zero attached hydrogens (tertiary/aromatic N) is 2. The van der Waals surface area contributed by atoms with E-state index in [0.717, 1.165) is 17.1 Å². The van der Waals surface area contributed by atoms with E-state index in [1.54, 1.807) is 0 Å². The molecule has 0 aliphatic heterocycles. The van der Waals surface area contributed by atoms with Crippen molar-refractivity contribution in [2.24, 2.45) is 0 Å². The maximum atomic E-state index is 12.1. The number of hydrogen-bond acceptors (Lipinski definition) is 2. The van der Waals surface area contributed by atoms with Crippen molar-refractivity contribution in [1.29, 1.82) is 0 Å². The van der Waals surface area contributed by atoms with E-state index < -0.39 is 11.7 Å². The largest absolute Gasteiger partial charge is 0.419 e. The number of hydrogen-bond donors (Lipinski definition) is 0. The minimum absolute atomic E-state index is 0.0749. The molecule has 6 heteroatoms. The minimum atomic E-state index is -4.37. The van der Waals surface area contributed by atoms with Crippen LogP contribution in [0.25, 0.3) is 0 Å². The van der Waals surface area contributed by atoms with Gasteiger partial charge in [0.1, 0.15) is 5.78 Å². The minimum Gasteiger partial charge on any atom is -0.300 e. The van der Waals surface area contributed by atoms with Crippen LogP contribution in [0.5, 0.6) is 0 Å². The number of carbonyl (C=O) groups excluding carboxylic acids is 1. The van der Waals surface area contributed by atoms with Crippen molar-refractivity contribution in [3.8, 4) is 0 Å². The predicted molar refractivity (Wildman–Crippen MR) is 42.5 cm³/mol. The van der Waals surface area contributed by atoms with Crippen molar-refractivity contribution in [3.63, 3.8) is 0 Å². The number of alkyl halides is 3. The van der Waals surface area contributed by atoms with E-state index >= 15 is 0 Å². The topological polar surface area (TPSA) is 34.9 Å². The summed E-state index contributed by atoms with van der Waals surface area (Å²) in [5.41, 5.74) is -0.791. The number of Topliss-reactive ketones (excluding diaryl/α,β-unsaturated/α-hetero) is 1. The Bertz CT molecular complexity index is 330. The molecule has 0 spiro atoms. The second kappa shape index (κ2) is 3.81. The highest BCUT2D eigenvalue weighted by atomic mass is 19.4. The Morgan fingerprint density at radius 3 is 2.64 bits per heavy atom. The number of aryl methyl sites for hydroxylation is 1. The van der Waals surface area contributed by atoms with Crippen LogP contribution in [-0.2, 0) is 17.5 Å². The van der Waals surface area contributed by atoms with Crippen molar-refractivity contribution < 1.29 is 18.0 Å². The van der Waals surface area contributed by atoms with Gasteiger partial charge in [-0.05, 0) is 6.92 Å². The summed E-state index contributed by atoms with van der Waals surface area (Å²) in [5, 5.41) is 3.50. The van der Waals surface area contributed by atoms with Gasteiger partial charge in [-0.3, -0.25) is 9.48 Å². The fraction of sp³-hybridized carbons (Fsp3) is 0.500. The molecule has 3 nitrogen and oxygen atoms in total. The summed E-state index contributed by atoms with van der Waals surface area (Å²) in [5.74, 6) is -0.0749. The average Bonchev–Trinajstić information content (AvgIpc) is 2.47. The van der Waals surface area contributed by atoms with Crippen molar-refractivity contribution in [1.82, 2.24) is 9.78 Å². The molecule has 0 aromatic carbocycles. The van der Waals surface area contributed by atoms with Gasteiger partial charge in [0.25, 0.3) is 0 Å². The Morgan fingerprint density at radius 2 is 2.21 bits per heavy atom. The van der Waals surface area contributed by atoms with Gasteiger partial charge in [-0.1, -0.05) is 0 Å². The smallest absolute Gasteiger partial charge is 0.300 e. The van der Waals surface area contributed by atoms with E-state index in [-0.39, 0.29) is 18.7 Å². The van der Waals surface area contributed by atoms with Crippen LogP contribution in [0.15, 0.2) is 12.4 Å². The van der Waals surface area contributed by atoms with Crippen LogP contribution < -0.4 is 0 Å². The molecule has 0 fully saturated rings. The molecule has 1 aromatic rings. The average molecular weight is 206 g/mol. The molecule has 1 aromatic heterocycles. The molecule has 14 heavy (non-hydrogen) atoms. The zero-order valence-corrected chi connectivity index (χ0v) is 7.51. The maximum absolute atomic E-state index is 12.1. The lowest BCUT2D eigenvalue weighted by molar-refractivity contribution is -0.137. The summed E-state index contributed by atoms with van der Waals surface area (Å²) in [6, 6.07) is 0. The molecule has 0 atom stereocenters. The van der Waals surface area contributed by atoms with Crippen molar-refractivity contribution in [2.45, 2.75) is 26.1 Å². The molecule has 0 aliphatic carbocycles. The zero-order valence-electron chi connectivity index (χ0n) is 7.51. The lowest BCUT2D eigenvalue weighted by Crippen LogP contribution is -2.05. The van der Waals surface area contributed by atoms with Crippen LogP contribution in [0.4, 0.5) is 13.2 Å². The fourth-order valence-electron chi connectivity index (χ4n) is 0.904. The van der Waals surface area contributed by atoms with Crippen LogP contribution in [-0.4, -0.2) is 15.6 Å². The molecule has 0 N–H and O–H groups in total. The first-order valence-corrected chi connectivity index (χ1v) is 3.98. The highest BCUT2D eigenvalue weighted by Gasteiger charge is 2.32. The monoisotopic (exact) mass is 206 g/mol. The van der Waals surface area contributed by atoms with Gasteiger partial charge in [0.05, 0.1) is 11.8 Å². The van der Waals surface area contributed by atoms with Gasteiger partial charge >= 0.3 is 6.18 Å². The van der Waals surface area contributed by atoms with Crippen LogP contribution in [0.2, 0.25) is 0 Å². The first-order valence-electron chi connectivity index (χ1n) is 3.98. The second-order valence-electron chi connectivity index (χ2n) is 2.94. The Morgan fingerprint density at radius 1 is 1.57 bits per heavy atom. The Kier molecular flexibility index (Phi) is 2.93. The molecular weight excluding hydrogens is 197 g/mol. The van der Waals surface area contributed by atoms with Crippen LogP contribution in [0, 0.1) is 0 Å². The van der Waals surface area contributed by atoms with Crippen molar-refractivity contribution in [2.75, 3.05) is 0 Å². The SMILES string of the molecule is CC(=O)CCn1cc(C(F)(F)F)cn1. The first-order chi connectivity index (χ1) is 6.39. The van der Waals surface area contributed by atoms with Crippen LogP contribution in [0.3, 0.4) is 0 Å². The molecule has 0 saturated heterocycles. The number of halogens is 3. The van der Waals surface area contributed by atoms with Gasteiger partial charge in [0, 0.05) is 19.2 Å². The third-order valence-corrected chi connectivity index (χ3v) is 1.65. The highest BCUT2D eigenvalue weighted by molar-refractivity contribution is 5.75. The first kappa shape index (κ1) is 10.7. The highest BCUT2D eigenvalue weighted by Crippen LogP contribution is 2.28. The third-order valence-electron chi connectivity index (χ3n) is 1.65. The quantitative estimate of drug-likeness (QED) is 0.756. The summed E-state index contributed by atoms with van der Waals surface area (Å²) >= 11 is 0. The summed E-state index contributed by atoms with van der Waals surface area (Å²) in [6.07, 6.45) is -2.53. The van der Waals surface area contributed by atoms with E-state index in [1.807, 2.05) is 0 Å². The molecule has 0 saturated carbocycles. The van der Waals surface area contributed by atoms with E-state index in [9.17, 15) is 18.0 Å². The molecule has 1 rings (SSSR count). The molecule has 78 valence electrons. The summed E-state index contributed by atoms with van der Waals surface area (Å²) in [7, 11) is 0. The molecule has 0 unspecified atom stereocenters. The molecule has 0 radical (unpaired) electrons. The number of carbonyl (C=O) groups is 1. The van der Waals surface area contributed by atoms with Crippen molar-refractivity contribution in [3.05, 3.63) is 18.0 Å². The van der Waals surface area contributed by atoms with E-state index in [1.165, 1.54) is 6.92 Å². The van der Waals surface area contributed by atoms with Crippen molar-refractivity contribution >= 4 is 5.78 Å². The standard InChI is InChI=1S/C8H9F3N2O/c1-6(14)2-3-13-5-7(4-12-13)8(9,10)11/h4-5H,2-3H2,1H3. The van der Waals surface area contributed by atoms with E-state index in [2.05, 4.69) is 5.10 Å². The molecule has 1 heterocycles. The van der Waals surface area contributed by atoms with Gasteiger partial charge in [0.2, 0.25) is 0 Å². The maximum Gasteiger partial charge on any atom is 0.419 e. The van der Waals surface area contributed by atoms with E-state index in [4.69, 9.17) is 0 Å². The molecule has 0 bridgehead atoms. The molecular formula is C8H9F3N2O. The number of ketones is 1.